The predicted molar refractivity (Wildman–Crippen MR) is 94.7 cm³/mol. The van der Waals surface area contributed by atoms with Crippen molar-refractivity contribution in [2.24, 2.45) is 12.0 Å². The van der Waals surface area contributed by atoms with Gasteiger partial charge in [0.1, 0.15) is 22.9 Å². The minimum atomic E-state index is 0.738. The van der Waals surface area contributed by atoms with Gasteiger partial charge in [0.05, 0.1) is 37.4 Å². The lowest BCUT2D eigenvalue weighted by Crippen LogP contribution is -2.12. The van der Waals surface area contributed by atoms with Gasteiger partial charge in [0, 0.05) is 19.5 Å². The predicted octanol–water partition coefficient (Wildman–Crippen LogP) is 3.29. The molecule has 0 fully saturated rings. The molecule has 6 heteroatoms. The van der Waals surface area contributed by atoms with E-state index < -0.39 is 0 Å². The number of anilines is 1. The molecule has 1 aliphatic heterocycles. The van der Waals surface area contributed by atoms with E-state index in [1.165, 1.54) is 5.56 Å². The Morgan fingerprint density at radius 1 is 1.12 bits per heavy atom. The van der Waals surface area contributed by atoms with Gasteiger partial charge in [-0.3, -0.25) is 0 Å². The van der Waals surface area contributed by atoms with Gasteiger partial charge in [-0.25, -0.2) is 9.98 Å². The Hall–Kier alpha value is -3.02. The molecule has 122 valence electrons. The number of hydrogen-bond acceptors (Lipinski definition) is 5. The zero-order valence-electron chi connectivity index (χ0n) is 13.8. The first-order valence-corrected chi connectivity index (χ1v) is 7.69. The van der Waals surface area contributed by atoms with Crippen LogP contribution in [-0.4, -0.2) is 29.6 Å². The highest BCUT2D eigenvalue weighted by Gasteiger charge is 2.20. The van der Waals surface area contributed by atoms with Crippen molar-refractivity contribution in [2.45, 2.75) is 6.42 Å². The monoisotopic (exact) mass is 322 g/mol. The van der Waals surface area contributed by atoms with Crippen molar-refractivity contribution in [2.75, 3.05) is 19.5 Å². The van der Waals surface area contributed by atoms with Gasteiger partial charge < -0.3 is 19.4 Å². The van der Waals surface area contributed by atoms with Crippen LogP contribution < -0.4 is 14.8 Å². The fourth-order valence-electron chi connectivity index (χ4n) is 2.99. The lowest BCUT2D eigenvalue weighted by atomic mass is 10.1. The average Bonchev–Trinajstić information content (AvgIpc) is 3.17. The number of aromatic nitrogens is 2. The van der Waals surface area contributed by atoms with Gasteiger partial charge in [-0.05, 0) is 23.8 Å². The Morgan fingerprint density at radius 2 is 2.00 bits per heavy atom. The van der Waals surface area contributed by atoms with Crippen molar-refractivity contribution >= 4 is 28.2 Å². The SMILES string of the molecule is COc1ccc(OC)c(NC2=Nc3c(ccc4c3ncn4C)C2)c1. The van der Waals surface area contributed by atoms with Crippen molar-refractivity contribution in [3.05, 3.63) is 42.2 Å². The third kappa shape index (κ3) is 2.27. The van der Waals surface area contributed by atoms with Crippen LogP contribution in [-0.2, 0) is 13.5 Å². The van der Waals surface area contributed by atoms with Gasteiger partial charge in [0.25, 0.3) is 0 Å². The van der Waals surface area contributed by atoms with E-state index in [-0.39, 0.29) is 0 Å². The van der Waals surface area contributed by atoms with Crippen molar-refractivity contribution in [3.8, 4) is 11.5 Å². The second-order valence-electron chi connectivity index (χ2n) is 5.72. The molecule has 0 saturated heterocycles. The van der Waals surface area contributed by atoms with E-state index in [1.54, 1.807) is 14.2 Å². The van der Waals surface area contributed by atoms with E-state index in [0.717, 1.165) is 46.2 Å². The summed E-state index contributed by atoms with van der Waals surface area (Å²) >= 11 is 0. The number of hydrogen-bond donors (Lipinski definition) is 1. The Labute approximate surface area is 139 Å². The molecule has 0 saturated carbocycles. The quantitative estimate of drug-likeness (QED) is 0.804. The van der Waals surface area contributed by atoms with Crippen LogP contribution in [0.2, 0.25) is 0 Å². The summed E-state index contributed by atoms with van der Waals surface area (Å²) in [6, 6.07) is 9.85. The number of nitrogens with one attached hydrogen (secondary N) is 1. The number of fused-ring (bicyclic) bond motifs is 3. The molecule has 3 aromatic rings. The molecule has 6 nitrogen and oxygen atoms in total. The summed E-state index contributed by atoms with van der Waals surface area (Å²) in [6.07, 6.45) is 2.55. The summed E-state index contributed by atoms with van der Waals surface area (Å²) in [6.45, 7) is 0. The fraction of sp³-hybridized carbons (Fsp3) is 0.222. The van der Waals surface area contributed by atoms with Gasteiger partial charge in [-0.15, -0.1) is 0 Å². The number of imidazole rings is 1. The summed E-state index contributed by atoms with van der Waals surface area (Å²) < 4.78 is 12.7. The molecule has 0 radical (unpaired) electrons. The Balaban J connectivity index is 1.70. The molecule has 2 heterocycles. The van der Waals surface area contributed by atoms with Crippen LogP contribution in [0.15, 0.2) is 41.7 Å². The summed E-state index contributed by atoms with van der Waals surface area (Å²) in [7, 11) is 5.28. The molecule has 2 aromatic carbocycles. The second kappa shape index (κ2) is 5.56. The summed E-state index contributed by atoms with van der Waals surface area (Å²) in [5.74, 6) is 2.38. The van der Waals surface area contributed by atoms with Crippen molar-refractivity contribution in [1.82, 2.24) is 9.55 Å². The van der Waals surface area contributed by atoms with Gasteiger partial charge >= 0.3 is 0 Å². The number of benzene rings is 2. The molecule has 24 heavy (non-hydrogen) atoms. The van der Waals surface area contributed by atoms with Gasteiger partial charge in [-0.2, -0.15) is 0 Å². The maximum absolute atomic E-state index is 5.42. The molecule has 0 atom stereocenters. The van der Waals surface area contributed by atoms with E-state index in [4.69, 9.17) is 14.5 Å². The summed E-state index contributed by atoms with van der Waals surface area (Å²) in [4.78, 5) is 9.23. The molecule has 1 aliphatic rings. The largest absolute Gasteiger partial charge is 0.497 e. The number of ether oxygens (including phenoxy) is 2. The van der Waals surface area contributed by atoms with Crippen LogP contribution in [0.5, 0.6) is 11.5 Å². The minimum Gasteiger partial charge on any atom is -0.497 e. The topological polar surface area (TPSA) is 60.7 Å². The first-order valence-electron chi connectivity index (χ1n) is 7.69. The minimum absolute atomic E-state index is 0.738. The third-order valence-electron chi connectivity index (χ3n) is 4.24. The highest BCUT2D eigenvalue weighted by molar-refractivity contribution is 6.06. The van der Waals surface area contributed by atoms with Crippen molar-refractivity contribution < 1.29 is 9.47 Å². The third-order valence-corrected chi connectivity index (χ3v) is 4.24. The average molecular weight is 322 g/mol. The van der Waals surface area contributed by atoms with Crippen LogP contribution in [0.4, 0.5) is 11.4 Å². The highest BCUT2D eigenvalue weighted by Crippen LogP contribution is 2.35. The van der Waals surface area contributed by atoms with Gasteiger partial charge in [-0.1, -0.05) is 6.07 Å². The molecule has 0 aliphatic carbocycles. The second-order valence-corrected chi connectivity index (χ2v) is 5.72. The fourth-order valence-corrected chi connectivity index (χ4v) is 2.99. The first-order chi connectivity index (χ1) is 11.7. The molecule has 4 rings (SSSR count). The first kappa shape index (κ1) is 14.6. The normalized spacial score (nSPS) is 12.9. The van der Waals surface area contributed by atoms with Crippen LogP contribution in [0, 0.1) is 0 Å². The molecular formula is C18H18N4O2. The Bertz CT molecular complexity index is 959. The number of aryl methyl sites for hydroxylation is 1. The lowest BCUT2D eigenvalue weighted by Gasteiger charge is -2.12. The van der Waals surface area contributed by atoms with Crippen molar-refractivity contribution in [3.63, 3.8) is 0 Å². The number of rotatable bonds is 3. The standard InChI is InChI=1S/C18H18N4O2/c1-22-10-19-18-14(22)6-4-11-8-16(21-17(11)18)20-13-9-12(23-2)5-7-15(13)24-3/h4-7,9-10H,8H2,1-3H3,(H,20,21). The van der Waals surface area contributed by atoms with Crippen LogP contribution in [0.3, 0.4) is 0 Å². The molecule has 0 bridgehead atoms. The van der Waals surface area contributed by atoms with E-state index >= 15 is 0 Å². The van der Waals surface area contributed by atoms with Crippen LogP contribution in [0.1, 0.15) is 5.56 Å². The number of aliphatic imine (C=N–C) groups is 1. The molecule has 1 aromatic heterocycles. The van der Waals surface area contributed by atoms with Crippen LogP contribution in [0.25, 0.3) is 11.0 Å². The smallest absolute Gasteiger partial charge is 0.142 e. The Morgan fingerprint density at radius 3 is 2.79 bits per heavy atom. The van der Waals surface area contributed by atoms with E-state index in [0.29, 0.717) is 0 Å². The molecule has 0 unspecified atom stereocenters. The maximum Gasteiger partial charge on any atom is 0.142 e. The zero-order chi connectivity index (χ0) is 16.7. The van der Waals surface area contributed by atoms with E-state index in [1.807, 2.05) is 36.1 Å². The number of nitrogens with zero attached hydrogens (tertiary/aromatic N) is 3. The molecule has 0 amide bonds. The van der Waals surface area contributed by atoms with E-state index in [9.17, 15) is 0 Å². The summed E-state index contributed by atoms with van der Waals surface area (Å²) in [5, 5.41) is 3.36. The molecular weight excluding hydrogens is 304 g/mol. The number of methoxy groups -OCH3 is 2. The molecule has 0 spiro atoms. The zero-order valence-corrected chi connectivity index (χ0v) is 13.8. The summed E-state index contributed by atoms with van der Waals surface area (Å²) in [5.41, 5.74) is 4.96. The highest BCUT2D eigenvalue weighted by atomic mass is 16.5. The van der Waals surface area contributed by atoms with Gasteiger partial charge in [0.2, 0.25) is 0 Å². The maximum atomic E-state index is 5.42. The lowest BCUT2D eigenvalue weighted by molar-refractivity contribution is 0.405. The number of amidine groups is 1. The Kier molecular flexibility index (Phi) is 3.37. The van der Waals surface area contributed by atoms with Crippen molar-refractivity contribution in [1.29, 1.82) is 0 Å². The van der Waals surface area contributed by atoms with E-state index in [2.05, 4.69) is 22.4 Å². The van der Waals surface area contributed by atoms with Crippen LogP contribution >= 0.6 is 0 Å². The van der Waals surface area contributed by atoms with Gasteiger partial charge in [0.15, 0.2) is 0 Å². The molecule has 1 N–H and O–H groups in total.